The second-order valence-electron chi connectivity index (χ2n) is 4.31. The normalized spacial score (nSPS) is 13.4. The van der Waals surface area contributed by atoms with Crippen LogP contribution in [0.1, 0.15) is 31.9 Å². The van der Waals surface area contributed by atoms with Crippen molar-refractivity contribution in [2.24, 2.45) is 5.73 Å². The third kappa shape index (κ3) is 4.53. The fourth-order valence-electron chi connectivity index (χ4n) is 1.68. The Labute approximate surface area is 130 Å². The van der Waals surface area contributed by atoms with Crippen LogP contribution in [0.5, 0.6) is 0 Å². The monoisotopic (exact) mass is 324 g/mol. The van der Waals surface area contributed by atoms with Crippen molar-refractivity contribution in [2.75, 3.05) is 7.05 Å². The molecule has 108 valence electrons. The van der Waals surface area contributed by atoms with E-state index < -0.39 is 6.04 Å². The lowest BCUT2D eigenvalue weighted by Gasteiger charge is -2.28. The Kier molecular flexibility index (Phi) is 7.75. The van der Waals surface area contributed by atoms with E-state index in [-0.39, 0.29) is 24.4 Å². The Balaban J connectivity index is 0.00000324. The zero-order chi connectivity index (χ0) is 13.9. The second-order valence-corrected chi connectivity index (χ2v) is 5.15. The van der Waals surface area contributed by atoms with Gasteiger partial charge in [0.15, 0.2) is 0 Å². The molecule has 0 bridgehead atoms. The van der Waals surface area contributed by atoms with Crippen molar-refractivity contribution in [3.63, 3.8) is 0 Å². The summed E-state index contributed by atoms with van der Waals surface area (Å²) in [6, 6.07) is 4.66. The lowest BCUT2D eigenvalue weighted by atomic mass is 10.1. The van der Waals surface area contributed by atoms with Gasteiger partial charge in [0.25, 0.3) is 0 Å². The first kappa shape index (κ1) is 18.5. The number of carbonyl (C=O) groups is 1. The summed E-state index contributed by atoms with van der Waals surface area (Å²) in [6.45, 7) is 3.80. The first-order valence-corrected chi connectivity index (χ1v) is 6.61. The topological polar surface area (TPSA) is 46.3 Å². The van der Waals surface area contributed by atoms with Crippen molar-refractivity contribution in [1.29, 1.82) is 0 Å². The minimum Gasteiger partial charge on any atom is -0.338 e. The lowest BCUT2D eigenvalue weighted by molar-refractivity contribution is -0.133. The molecule has 1 aromatic rings. The van der Waals surface area contributed by atoms with Crippen LogP contribution in [0.25, 0.3) is 0 Å². The van der Waals surface area contributed by atoms with Gasteiger partial charge in [-0.1, -0.05) is 36.2 Å². The largest absolute Gasteiger partial charge is 0.338 e. The summed E-state index contributed by atoms with van der Waals surface area (Å²) in [4.78, 5) is 13.6. The fraction of sp³-hybridized carbons (Fsp3) is 0.462. The van der Waals surface area contributed by atoms with Crippen LogP contribution < -0.4 is 5.73 Å². The SMILES string of the molecule is CC[C@H](N)C(=O)N(C)C(C)c1ccc(Cl)cc1Cl.Cl. The molecule has 1 rings (SSSR count). The maximum Gasteiger partial charge on any atom is 0.239 e. The van der Waals surface area contributed by atoms with Gasteiger partial charge in [-0.05, 0) is 31.0 Å². The zero-order valence-electron chi connectivity index (χ0n) is 11.2. The summed E-state index contributed by atoms with van der Waals surface area (Å²) in [5.74, 6) is -0.0870. The Hall–Kier alpha value is -0.480. The fourth-order valence-corrected chi connectivity index (χ4v) is 2.24. The number of likely N-dealkylation sites (N-methyl/N-ethyl adjacent to an activating group) is 1. The van der Waals surface area contributed by atoms with E-state index in [2.05, 4.69) is 0 Å². The average Bonchev–Trinajstić information content (AvgIpc) is 2.35. The number of nitrogens with two attached hydrogens (primary N) is 1. The quantitative estimate of drug-likeness (QED) is 0.918. The molecule has 0 aliphatic heterocycles. The van der Waals surface area contributed by atoms with Gasteiger partial charge in [0.1, 0.15) is 0 Å². The van der Waals surface area contributed by atoms with Gasteiger partial charge in [-0.15, -0.1) is 12.4 Å². The molecule has 2 atom stereocenters. The van der Waals surface area contributed by atoms with Gasteiger partial charge in [0, 0.05) is 17.1 Å². The zero-order valence-corrected chi connectivity index (χ0v) is 13.5. The second kappa shape index (κ2) is 7.95. The number of halogens is 3. The molecule has 0 saturated heterocycles. The Bertz CT molecular complexity index is 440. The van der Waals surface area contributed by atoms with E-state index in [0.29, 0.717) is 16.5 Å². The molecule has 2 N–H and O–H groups in total. The molecule has 1 aromatic carbocycles. The number of hydrogen-bond acceptors (Lipinski definition) is 2. The highest BCUT2D eigenvalue weighted by atomic mass is 35.5. The first-order valence-electron chi connectivity index (χ1n) is 5.85. The van der Waals surface area contributed by atoms with Crippen LogP contribution in [0.15, 0.2) is 18.2 Å². The predicted octanol–water partition coefficient (Wildman–Crippen LogP) is 3.67. The third-order valence-electron chi connectivity index (χ3n) is 3.10. The van der Waals surface area contributed by atoms with E-state index in [4.69, 9.17) is 28.9 Å². The van der Waals surface area contributed by atoms with Crippen LogP contribution in [0.4, 0.5) is 0 Å². The van der Waals surface area contributed by atoms with E-state index in [1.807, 2.05) is 19.9 Å². The standard InChI is InChI=1S/C13H18Cl2N2O.ClH/c1-4-12(16)13(18)17(3)8(2)10-6-5-9(14)7-11(10)15;/h5-8,12H,4,16H2,1-3H3;1H/t8?,12-;/m0./s1. The van der Waals surface area contributed by atoms with Crippen LogP contribution >= 0.6 is 35.6 Å². The highest BCUT2D eigenvalue weighted by Crippen LogP contribution is 2.29. The maximum atomic E-state index is 12.0. The molecular formula is C13H19Cl3N2O. The van der Waals surface area contributed by atoms with Crippen LogP contribution in [0.2, 0.25) is 10.0 Å². The average molecular weight is 326 g/mol. The van der Waals surface area contributed by atoms with Gasteiger partial charge >= 0.3 is 0 Å². The van der Waals surface area contributed by atoms with Gasteiger partial charge in [-0.25, -0.2) is 0 Å². The molecule has 0 radical (unpaired) electrons. The summed E-state index contributed by atoms with van der Waals surface area (Å²) in [6.07, 6.45) is 0.615. The Morgan fingerprint density at radius 2 is 2.00 bits per heavy atom. The minimum atomic E-state index is -0.469. The predicted molar refractivity (Wildman–Crippen MR) is 83.2 cm³/mol. The number of benzene rings is 1. The molecule has 0 aliphatic rings. The van der Waals surface area contributed by atoms with Crippen molar-refractivity contribution in [2.45, 2.75) is 32.4 Å². The minimum absolute atomic E-state index is 0. The smallest absolute Gasteiger partial charge is 0.239 e. The molecule has 0 saturated carbocycles. The molecule has 0 fully saturated rings. The maximum absolute atomic E-state index is 12.0. The molecular weight excluding hydrogens is 307 g/mol. The summed E-state index contributed by atoms with van der Waals surface area (Å²) < 4.78 is 0. The van der Waals surface area contributed by atoms with Crippen LogP contribution in [-0.4, -0.2) is 23.9 Å². The van der Waals surface area contributed by atoms with E-state index in [1.54, 1.807) is 24.1 Å². The van der Waals surface area contributed by atoms with Gasteiger partial charge in [-0.2, -0.15) is 0 Å². The molecule has 0 heterocycles. The number of nitrogens with zero attached hydrogens (tertiary/aromatic N) is 1. The molecule has 1 unspecified atom stereocenters. The van der Waals surface area contributed by atoms with Crippen molar-refractivity contribution < 1.29 is 4.79 Å². The van der Waals surface area contributed by atoms with Gasteiger partial charge in [0.05, 0.1) is 12.1 Å². The van der Waals surface area contributed by atoms with E-state index in [9.17, 15) is 4.79 Å². The van der Waals surface area contributed by atoms with Crippen molar-refractivity contribution >= 4 is 41.5 Å². The Morgan fingerprint density at radius 1 is 1.42 bits per heavy atom. The van der Waals surface area contributed by atoms with Gasteiger partial charge in [0.2, 0.25) is 5.91 Å². The summed E-state index contributed by atoms with van der Waals surface area (Å²) in [5, 5.41) is 1.13. The van der Waals surface area contributed by atoms with E-state index in [0.717, 1.165) is 5.56 Å². The number of carbonyl (C=O) groups excluding carboxylic acids is 1. The molecule has 0 aromatic heterocycles. The molecule has 1 amide bonds. The molecule has 0 spiro atoms. The van der Waals surface area contributed by atoms with Crippen LogP contribution in [0, 0.1) is 0 Å². The van der Waals surface area contributed by atoms with Crippen LogP contribution in [-0.2, 0) is 4.79 Å². The highest BCUT2D eigenvalue weighted by molar-refractivity contribution is 6.35. The number of rotatable bonds is 4. The van der Waals surface area contributed by atoms with Crippen molar-refractivity contribution in [3.05, 3.63) is 33.8 Å². The Morgan fingerprint density at radius 3 is 2.47 bits per heavy atom. The molecule has 0 aliphatic carbocycles. The van der Waals surface area contributed by atoms with Crippen molar-refractivity contribution in [3.8, 4) is 0 Å². The first-order chi connectivity index (χ1) is 8.38. The van der Waals surface area contributed by atoms with E-state index in [1.165, 1.54) is 0 Å². The summed E-state index contributed by atoms with van der Waals surface area (Å²) >= 11 is 12.0. The molecule has 3 nitrogen and oxygen atoms in total. The summed E-state index contributed by atoms with van der Waals surface area (Å²) in [7, 11) is 1.73. The number of amides is 1. The van der Waals surface area contributed by atoms with Crippen LogP contribution in [0.3, 0.4) is 0 Å². The van der Waals surface area contributed by atoms with Gasteiger partial charge < -0.3 is 10.6 Å². The van der Waals surface area contributed by atoms with Crippen molar-refractivity contribution in [1.82, 2.24) is 4.90 Å². The summed E-state index contributed by atoms with van der Waals surface area (Å²) in [5.41, 5.74) is 6.61. The molecule has 6 heteroatoms. The molecule has 19 heavy (non-hydrogen) atoms. The third-order valence-corrected chi connectivity index (χ3v) is 3.66. The van der Waals surface area contributed by atoms with Gasteiger partial charge in [-0.3, -0.25) is 4.79 Å². The lowest BCUT2D eigenvalue weighted by Crippen LogP contribution is -2.42. The number of hydrogen-bond donors (Lipinski definition) is 1. The highest BCUT2D eigenvalue weighted by Gasteiger charge is 2.23. The van der Waals surface area contributed by atoms with E-state index >= 15 is 0 Å².